The van der Waals surface area contributed by atoms with E-state index in [-0.39, 0.29) is 0 Å². The molecule has 0 spiro atoms. The zero-order valence-corrected chi connectivity index (χ0v) is 11.4. The first-order chi connectivity index (χ1) is 8.64. The van der Waals surface area contributed by atoms with Gasteiger partial charge in [0.05, 0.1) is 12.1 Å². The van der Waals surface area contributed by atoms with Crippen molar-refractivity contribution in [2.24, 2.45) is 4.99 Å². The first-order valence-electron chi connectivity index (χ1n) is 6.07. The SMILES string of the molecule is COc1ccc(C)c(C2(N=C=O)CCCC2)c1Cl. The Balaban J connectivity index is 2.64. The van der Waals surface area contributed by atoms with Gasteiger partial charge in [-0.05, 0) is 31.4 Å². The molecule has 0 aliphatic heterocycles. The van der Waals surface area contributed by atoms with E-state index < -0.39 is 5.54 Å². The van der Waals surface area contributed by atoms with Crippen molar-refractivity contribution in [3.8, 4) is 5.75 Å². The van der Waals surface area contributed by atoms with Crippen molar-refractivity contribution < 1.29 is 9.53 Å². The monoisotopic (exact) mass is 265 g/mol. The van der Waals surface area contributed by atoms with E-state index in [0.29, 0.717) is 10.8 Å². The van der Waals surface area contributed by atoms with Gasteiger partial charge in [0, 0.05) is 5.56 Å². The average molecular weight is 266 g/mol. The van der Waals surface area contributed by atoms with Crippen molar-refractivity contribution in [3.05, 3.63) is 28.3 Å². The molecule has 1 aliphatic rings. The fraction of sp³-hybridized carbons (Fsp3) is 0.500. The van der Waals surface area contributed by atoms with Crippen molar-refractivity contribution in [2.75, 3.05) is 7.11 Å². The zero-order valence-electron chi connectivity index (χ0n) is 10.6. The van der Waals surface area contributed by atoms with Crippen LogP contribution < -0.4 is 4.74 Å². The molecule has 1 saturated carbocycles. The Kier molecular flexibility index (Phi) is 3.74. The van der Waals surface area contributed by atoms with Crippen LogP contribution in [-0.4, -0.2) is 13.2 Å². The van der Waals surface area contributed by atoms with E-state index in [0.717, 1.165) is 36.8 Å². The number of rotatable bonds is 3. The van der Waals surface area contributed by atoms with Crippen LogP contribution in [0.3, 0.4) is 0 Å². The minimum absolute atomic E-state index is 0.503. The van der Waals surface area contributed by atoms with Crippen LogP contribution in [0.2, 0.25) is 5.02 Å². The van der Waals surface area contributed by atoms with Crippen LogP contribution in [0.1, 0.15) is 36.8 Å². The first kappa shape index (κ1) is 13.1. The normalized spacial score (nSPS) is 17.3. The van der Waals surface area contributed by atoms with Gasteiger partial charge in [0.2, 0.25) is 6.08 Å². The van der Waals surface area contributed by atoms with Crippen LogP contribution in [0, 0.1) is 6.92 Å². The standard InChI is InChI=1S/C14H16ClNO2/c1-10-5-6-11(18-2)13(15)12(10)14(16-9-17)7-3-4-8-14/h5-6H,3-4,7-8H2,1-2H3. The van der Waals surface area contributed by atoms with Crippen LogP contribution in [0.15, 0.2) is 17.1 Å². The summed E-state index contributed by atoms with van der Waals surface area (Å²) < 4.78 is 5.25. The van der Waals surface area contributed by atoms with E-state index >= 15 is 0 Å². The number of hydrogen-bond donors (Lipinski definition) is 0. The molecule has 1 aromatic rings. The van der Waals surface area contributed by atoms with Gasteiger partial charge < -0.3 is 4.74 Å². The smallest absolute Gasteiger partial charge is 0.235 e. The largest absolute Gasteiger partial charge is 0.495 e. The van der Waals surface area contributed by atoms with Crippen molar-refractivity contribution in [1.82, 2.24) is 0 Å². The Bertz CT molecular complexity index is 501. The third-order valence-corrected chi connectivity index (χ3v) is 4.07. The lowest BCUT2D eigenvalue weighted by Gasteiger charge is -2.26. The minimum atomic E-state index is -0.503. The fourth-order valence-corrected chi connectivity index (χ4v) is 3.31. The van der Waals surface area contributed by atoms with Crippen LogP contribution in [0.4, 0.5) is 0 Å². The molecule has 1 aromatic carbocycles. The van der Waals surface area contributed by atoms with E-state index in [1.54, 1.807) is 13.2 Å². The predicted octanol–water partition coefficient (Wildman–Crippen LogP) is 3.76. The molecule has 96 valence electrons. The molecule has 1 fully saturated rings. The molecule has 0 unspecified atom stereocenters. The van der Waals surface area contributed by atoms with Crippen molar-refractivity contribution in [2.45, 2.75) is 38.1 Å². The molecular weight excluding hydrogens is 250 g/mol. The van der Waals surface area contributed by atoms with E-state index in [4.69, 9.17) is 16.3 Å². The van der Waals surface area contributed by atoms with Gasteiger partial charge in [0.1, 0.15) is 11.3 Å². The summed E-state index contributed by atoms with van der Waals surface area (Å²) in [6.07, 6.45) is 5.51. The summed E-state index contributed by atoms with van der Waals surface area (Å²) in [5, 5.41) is 0.568. The van der Waals surface area contributed by atoms with E-state index in [2.05, 4.69) is 4.99 Å². The third kappa shape index (κ3) is 2.05. The maximum Gasteiger partial charge on any atom is 0.235 e. The molecule has 2 rings (SSSR count). The molecule has 0 heterocycles. The summed E-state index contributed by atoms with van der Waals surface area (Å²) in [5.41, 5.74) is 1.46. The zero-order chi connectivity index (χ0) is 13.2. The number of aryl methyl sites for hydroxylation is 1. The van der Waals surface area contributed by atoms with E-state index in [1.807, 2.05) is 19.1 Å². The second-order valence-electron chi connectivity index (χ2n) is 4.72. The number of methoxy groups -OCH3 is 1. The Morgan fingerprint density at radius 2 is 2.06 bits per heavy atom. The van der Waals surface area contributed by atoms with Gasteiger partial charge in [-0.2, -0.15) is 4.99 Å². The number of isocyanates is 1. The predicted molar refractivity (Wildman–Crippen MR) is 71.0 cm³/mol. The number of hydrogen-bond acceptors (Lipinski definition) is 3. The third-order valence-electron chi connectivity index (χ3n) is 3.69. The van der Waals surface area contributed by atoms with Crippen molar-refractivity contribution >= 4 is 17.7 Å². The number of carbonyl (C=O) groups excluding carboxylic acids is 1. The van der Waals surface area contributed by atoms with Crippen LogP contribution in [0.25, 0.3) is 0 Å². The van der Waals surface area contributed by atoms with Crippen LogP contribution >= 0.6 is 11.6 Å². The van der Waals surface area contributed by atoms with Gasteiger partial charge in [-0.15, -0.1) is 0 Å². The molecule has 3 nitrogen and oxygen atoms in total. The minimum Gasteiger partial charge on any atom is -0.495 e. The number of aliphatic imine (C=N–C) groups is 1. The maximum atomic E-state index is 10.8. The molecule has 18 heavy (non-hydrogen) atoms. The average Bonchev–Trinajstić information content (AvgIpc) is 2.79. The van der Waals surface area contributed by atoms with Gasteiger partial charge in [-0.25, -0.2) is 4.79 Å². The molecule has 0 atom stereocenters. The molecule has 1 aliphatic carbocycles. The summed E-state index contributed by atoms with van der Waals surface area (Å²) in [6.45, 7) is 1.99. The second-order valence-corrected chi connectivity index (χ2v) is 5.09. The molecule has 0 amide bonds. The topological polar surface area (TPSA) is 38.7 Å². The number of nitrogens with zero attached hydrogens (tertiary/aromatic N) is 1. The Morgan fingerprint density at radius 1 is 1.39 bits per heavy atom. The quantitative estimate of drug-likeness (QED) is 0.616. The summed E-state index contributed by atoms with van der Waals surface area (Å²) in [7, 11) is 1.59. The van der Waals surface area contributed by atoms with Crippen molar-refractivity contribution in [3.63, 3.8) is 0 Å². The van der Waals surface area contributed by atoms with Crippen LogP contribution in [-0.2, 0) is 10.3 Å². The molecular formula is C14H16ClNO2. The highest BCUT2D eigenvalue weighted by atomic mass is 35.5. The maximum absolute atomic E-state index is 10.8. The second kappa shape index (κ2) is 5.13. The molecule has 0 bridgehead atoms. The van der Waals surface area contributed by atoms with Gasteiger partial charge >= 0.3 is 0 Å². The van der Waals surface area contributed by atoms with Gasteiger partial charge in [0.15, 0.2) is 0 Å². The highest BCUT2D eigenvalue weighted by molar-refractivity contribution is 6.33. The summed E-state index contributed by atoms with van der Waals surface area (Å²) in [6, 6.07) is 3.80. The molecule has 0 radical (unpaired) electrons. The lowest BCUT2D eigenvalue weighted by Crippen LogP contribution is -2.21. The molecule has 0 aromatic heterocycles. The number of benzene rings is 1. The highest BCUT2D eigenvalue weighted by Gasteiger charge is 2.39. The van der Waals surface area contributed by atoms with Crippen molar-refractivity contribution in [1.29, 1.82) is 0 Å². The summed E-state index contributed by atoms with van der Waals surface area (Å²) in [4.78, 5) is 14.8. The summed E-state index contributed by atoms with van der Waals surface area (Å²) in [5.74, 6) is 0.629. The number of halogens is 1. The lowest BCUT2D eigenvalue weighted by molar-refractivity contribution is 0.408. The van der Waals surface area contributed by atoms with Gasteiger partial charge in [-0.1, -0.05) is 30.5 Å². The summed E-state index contributed by atoms with van der Waals surface area (Å²) >= 11 is 6.40. The lowest BCUT2D eigenvalue weighted by atomic mass is 9.85. The Hall–Kier alpha value is -1.31. The van der Waals surface area contributed by atoms with Gasteiger partial charge in [-0.3, -0.25) is 0 Å². The van der Waals surface area contributed by atoms with Crippen LogP contribution in [0.5, 0.6) is 5.75 Å². The highest BCUT2D eigenvalue weighted by Crippen LogP contribution is 2.48. The Morgan fingerprint density at radius 3 is 2.61 bits per heavy atom. The van der Waals surface area contributed by atoms with E-state index in [9.17, 15) is 4.79 Å². The molecule has 4 heteroatoms. The molecule has 0 N–H and O–H groups in total. The van der Waals surface area contributed by atoms with Gasteiger partial charge in [0.25, 0.3) is 0 Å². The first-order valence-corrected chi connectivity index (χ1v) is 6.45. The van der Waals surface area contributed by atoms with E-state index in [1.165, 1.54) is 0 Å². The molecule has 0 saturated heterocycles. The number of ether oxygens (including phenoxy) is 1. The fourth-order valence-electron chi connectivity index (χ4n) is 2.85. The Labute approximate surface area is 112 Å².